The van der Waals surface area contributed by atoms with Crippen LogP contribution in [0.1, 0.15) is 87.9 Å². The third-order valence-corrected chi connectivity index (χ3v) is 12.3. The summed E-state index contributed by atoms with van der Waals surface area (Å²) in [7, 11) is 2.01. The van der Waals surface area contributed by atoms with E-state index >= 15 is 0 Å². The Kier molecular flexibility index (Phi) is 64.1. The fraction of sp³-hybridized carbons (Fsp3) is 0.200. The number of carboxylic acid groups (broad SMARTS) is 1. The number of hydrogen-bond acceptors (Lipinski definition) is 12. The van der Waals surface area contributed by atoms with E-state index in [9.17, 15) is 0 Å². The van der Waals surface area contributed by atoms with E-state index < -0.39 is 0 Å². The SMILES string of the molecule is C.C.C.C.CC#CC.CCN(CC)CC.CCOC(=N)c1ccccc1.CI.C[n+]1cn(-c2ccccc2)nc1-c1ccccc1.Cl.N#Cc1ccccc1.NC(=NNc1ccccc1)c1ccccc1.NNc1ccccc1.O=CO.[I-].c1ccc(-c2ncn(-c3ccccc3)n2)cc1. The van der Waals surface area contributed by atoms with Crippen LogP contribution in [0.25, 0.3) is 34.2 Å². The number of aromatic nitrogens is 6. The normalized spacial score (nSPS) is 8.80. The van der Waals surface area contributed by atoms with Gasteiger partial charge in [-0.2, -0.15) is 10.4 Å². The second-order valence-electron chi connectivity index (χ2n) is 18.6. The van der Waals surface area contributed by atoms with Crippen LogP contribution in [0.2, 0.25) is 0 Å². The Morgan fingerprint density at radius 2 is 0.960 bits per heavy atom. The number of alkyl halides is 1. The number of benzene rings is 9. The monoisotopic (exact) mass is 1600 g/mol. The summed E-state index contributed by atoms with van der Waals surface area (Å²) in [6.07, 6.45) is 3.72. The average molecular weight is 1600 g/mol. The molecule has 2 heterocycles. The standard InChI is InChI=1S/C15H14N3.C14H11N3.C13H13N3.C9H11NO.C7H5N.C6H8N2.C6H15N.C4H6.CH3I.CH2O2.4CH4.ClH.HI/c1-17-12-18(14-10-6-3-7-11-14)16-15(17)13-8-4-2-5-9-13;1-3-7-12(8-4-1)14-15-11-17(16-14)13-9-5-2-6-10-13;14-13(11-7-3-1-4-8-11)16-15-12-9-5-2-6-10-12;1-2-11-9(10)8-6-4-3-5-7-8;8-6-7-4-2-1-3-5-7;7-8-6-4-2-1-3-5-6;1-4-7(5-2)6-3;1-3-4-2;1-2;2-1-3;;;;;;/h2-12H,1H3;1-11H;1-10,15H,(H2,14,16);3-7,10H,2H2,1H3;1-5H;1-5,8H,7H2;4-6H2,1-3H3;1-2H3;1H3;1H,(H,2,3);4*1H4;2*1H/q+1;;;;;;;;;;;;;;;/p-1. The summed E-state index contributed by atoms with van der Waals surface area (Å²) in [6, 6.07) is 89.8. The number of nitrogens with zero attached hydrogens (tertiary/aromatic N) is 9. The zero-order chi connectivity index (χ0) is 68.7. The predicted octanol–water partition coefficient (Wildman–Crippen LogP) is 15.4. The molecule has 20 heteroatoms. The van der Waals surface area contributed by atoms with Gasteiger partial charge in [0.05, 0.1) is 47.3 Å². The first-order valence-corrected chi connectivity index (χ1v) is 32.2. The van der Waals surface area contributed by atoms with E-state index in [2.05, 4.69) is 103 Å². The van der Waals surface area contributed by atoms with Gasteiger partial charge in [-0.3, -0.25) is 21.5 Å². The Balaban J connectivity index is -0.000000348. The highest BCUT2D eigenvalue weighted by Crippen LogP contribution is 2.16. The molecular formula is C80H105ClI2N14O3. The number of nitrogens with one attached hydrogen (secondary N) is 3. The van der Waals surface area contributed by atoms with Crippen LogP contribution < -0.4 is 51.0 Å². The van der Waals surface area contributed by atoms with Crippen molar-refractivity contribution in [3.05, 3.63) is 302 Å². The van der Waals surface area contributed by atoms with Gasteiger partial charge in [0, 0.05) is 22.4 Å². The highest BCUT2D eigenvalue weighted by molar-refractivity contribution is 14.1. The number of carbonyl (C=O) groups is 1. The zero-order valence-electron chi connectivity index (χ0n) is 55.6. The molecule has 0 atom stereocenters. The minimum absolute atomic E-state index is 0. The van der Waals surface area contributed by atoms with E-state index in [-0.39, 0.29) is 78.5 Å². The number of rotatable bonds is 13. The summed E-state index contributed by atoms with van der Waals surface area (Å²) < 4.78 is 10.7. The third kappa shape index (κ3) is 41.9. The minimum Gasteiger partial charge on any atom is -1.00 e. The van der Waals surface area contributed by atoms with Gasteiger partial charge in [0.25, 0.3) is 6.47 Å². The Morgan fingerprint density at radius 3 is 1.32 bits per heavy atom. The lowest BCUT2D eigenvalue weighted by molar-refractivity contribution is -0.661. The molecule has 0 bridgehead atoms. The van der Waals surface area contributed by atoms with Crippen LogP contribution in [0.15, 0.2) is 291 Å². The molecule has 0 aliphatic heterocycles. The van der Waals surface area contributed by atoms with Crippen LogP contribution in [0.3, 0.4) is 0 Å². The predicted molar refractivity (Wildman–Crippen MR) is 430 cm³/mol. The molecule has 0 radical (unpaired) electrons. The topological polar surface area (TPSA) is 238 Å². The van der Waals surface area contributed by atoms with E-state index in [1.54, 1.807) is 23.1 Å². The number of para-hydroxylation sites is 4. The van der Waals surface area contributed by atoms with E-state index in [0.717, 1.165) is 56.7 Å². The zero-order valence-corrected chi connectivity index (χ0v) is 60.8. The molecule has 0 saturated carbocycles. The van der Waals surface area contributed by atoms with Gasteiger partial charge in [0.1, 0.15) is 12.0 Å². The van der Waals surface area contributed by atoms with Gasteiger partial charge in [-0.25, -0.2) is 14.2 Å². The first-order chi connectivity index (χ1) is 46.0. The van der Waals surface area contributed by atoms with Crippen molar-refractivity contribution in [2.75, 3.05) is 42.0 Å². The Bertz CT molecular complexity index is 3730. The molecular weight excluding hydrogens is 1490 g/mol. The number of nitrogens with two attached hydrogens (primary N) is 2. The molecule has 9 aromatic carbocycles. The lowest BCUT2D eigenvalue weighted by Gasteiger charge is -2.13. The Hall–Kier alpha value is -10.0. The number of hydrogen-bond donors (Lipinski definition) is 6. The second kappa shape index (κ2) is 65.0. The molecule has 11 rings (SSSR count). The van der Waals surface area contributed by atoms with Crippen LogP contribution in [0.5, 0.6) is 0 Å². The first kappa shape index (κ1) is 98.7. The molecule has 11 aromatic rings. The quantitative estimate of drug-likeness (QED) is 0.00727. The van der Waals surface area contributed by atoms with Crippen LogP contribution in [0.4, 0.5) is 11.4 Å². The van der Waals surface area contributed by atoms with Crippen molar-refractivity contribution in [2.24, 2.45) is 23.7 Å². The lowest BCUT2D eigenvalue weighted by atomic mass is 10.2. The number of nitrogen functional groups attached to an aromatic ring is 1. The average Bonchev–Trinajstić information content (AvgIpc) is 1.69. The van der Waals surface area contributed by atoms with E-state index in [4.69, 9.17) is 36.9 Å². The van der Waals surface area contributed by atoms with Gasteiger partial charge in [-0.1, -0.05) is 266 Å². The first-order valence-electron chi connectivity index (χ1n) is 30.1. The number of hydrazone groups is 1. The molecule has 534 valence electrons. The number of anilines is 2. The van der Waals surface area contributed by atoms with E-state index in [1.807, 2.05) is 303 Å². The smallest absolute Gasteiger partial charge is 0.309 e. The summed E-state index contributed by atoms with van der Waals surface area (Å²) in [5, 5.41) is 35.8. The molecule has 100 heavy (non-hydrogen) atoms. The molecule has 8 N–H and O–H groups in total. The van der Waals surface area contributed by atoms with E-state index in [1.165, 1.54) is 19.6 Å². The van der Waals surface area contributed by atoms with Gasteiger partial charge >= 0.3 is 5.82 Å². The summed E-state index contributed by atoms with van der Waals surface area (Å²) in [5.74, 6) is 12.9. The van der Waals surface area contributed by atoms with Crippen molar-refractivity contribution < 1.29 is 43.2 Å². The number of halogens is 3. The maximum absolute atomic E-state index is 8.36. The molecule has 0 spiro atoms. The van der Waals surface area contributed by atoms with Crippen molar-refractivity contribution in [1.82, 2.24) is 29.4 Å². The van der Waals surface area contributed by atoms with Crippen LogP contribution in [0, 0.1) is 28.6 Å². The van der Waals surface area contributed by atoms with Crippen molar-refractivity contribution in [3.8, 4) is 52.1 Å². The van der Waals surface area contributed by atoms with Gasteiger partial charge < -0.3 is 49.9 Å². The lowest BCUT2D eigenvalue weighted by Crippen LogP contribution is -3.00. The summed E-state index contributed by atoms with van der Waals surface area (Å²) in [5.41, 5.74) is 19.8. The fourth-order valence-corrected chi connectivity index (χ4v) is 7.50. The molecule has 0 saturated heterocycles. The third-order valence-electron chi connectivity index (χ3n) is 12.3. The van der Waals surface area contributed by atoms with Crippen LogP contribution >= 0.6 is 35.0 Å². The summed E-state index contributed by atoms with van der Waals surface area (Å²) >= 11 is 2.15. The molecule has 0 aliphatic rings. The van der Waals surface area contributed by atoms with Crippen molar-refractivity contribution in [1.29, 1.82) is 10.7 Å². The van der Waals surface area contributed by atoms with Crippen LogP contribution in [-0.4, -0.2) is 83.9 Å². The minimum atomic E-state index is -0.250. The number of hydrazine groups is 1. The van der Waals surface area contributed by atoms with Gasteiger partial charge in [0.2, 0.25) is 12.2 Å². The van der Waals surface area contributed by atoms with Gasteiger partial charge in [-0.15, -0.1) is 29.3 Å². The molecule has 0 unspecified atom stereocenters. The molecule has 0 aliphatic carbocycles. The highest BCUT2D eigenvalue weighted by atomic mass is 127. The van der Waals surface area contributed by atoms with Gasteiger partial charge in [0.15, 0.2) is 11.7 Å². The number of aryl methyl sites for hydroxylation is 1. The number of nitriles is 1. The second-order valence-corrected chi connectivity index (χ2v) is 18.6. The van der Waals surface area contributed by atoms with E-state index in [0.29, 0.717) is 18.0 Å². The molecule has 0 fully saturated rings. The largest absolute Gasteiger partial charge is 1.00 e. The van der Waals surface area contributed by atoms with Crippen molar-refractivity contribution in [2.45, 2.75) is 71.2 Å². The van der Waals surface area contributed by atoms with Crippen molar-refractivity contribution in [3.63, 3.8) is 0 Å². The van der Waals surface area contributed by atoms with Crippen LogP contribution in [-0.2, 0) is 16.6 Å². The molecule has 17 nitrogen and oxygen atoms in total. The summed E-state index contributed by atoms with van der Waals surface area (Å²) in [4.78, 5) is 17.0. The maximum atomic E-state index is 8.36. The van der Waals surface area contributed by atoms with Gasteiger partial charge in [-0.05, 0) is 130 Å². The number of ether oxygens (including phenoxy) is 1. The Morgan fingerprint density at radius 1 is 0.600 bits per heavy atom. The molecule has 2 aromatic heterocycles. The maximum Gasteiger partial charge on any atom is 0.309 e. The summed E-state index contributed by atoms with van der Waals surface area (Å²) in [6.45, 7) is 15.9. The fourth-order valence-electron chi connectivity index (χ4n) is 7.50. The van der Waals surface area contributed by atoms with Crippen molar-refractivity contribution >= 4 is 64.6 Å². The number of amidine groups is 1. The Labute approximate surface area is 634 Å². The highest BCUT2D eigenvalue weighted by Gasteiger charge is 2.17. The molecule has 0 amide bonds.